The van der Waals surface area contributed by atoms with Gasteiger partial charge in [0.25, 0.3) is 5.91 Å². The number of H-pyrrole nitrogens is 1. The highest BCUT2D eigenvalue weighted by molar-refractivity contribution is 5.80. The number of aromatic nitrogens is 3. The van der Waals surface area contributed by atoms with Crippen LogP contribution in [-0.2, 0) is 11.2 Å². The predicted molar refractivity (Wildman–Crippen MR) is 74.2 cm³/mol. The van der Waals surface area contributed by atoms with Gasteiger partial charge in [0.1, 0.15) is 17.9 Å². The first-order chi connectivity index (χ1) is 9.75. The first-order valence-corrected chi connectivity index (χ1v) is 6.59. The van der Waals surface area contributed by atoms with E-state index in [0.717, 1.165) is 18.7 Å². The van der Waals surface area contributed by atoms with Gasteiger partial charge in [-0.15, -0.1) is 0 Å². The summed E-state index contributed by atoms with van der Waals surface area (Å²) < 4.78 is 5.54. The van der Waals surface area contributed by atoms with Gasteiger partial charge in [-0.05, 0) is 25.5 Å². The zero-order chi connectivity index (χ0) is 14.2. The Morgan fingerprint density at radius 1 is 1.40 bits per heavy atom. The van der Waals surface area contributed by atoms with Crippen LogP contribution in [0.15, 0.2) is 36.7 Å². The number of hydrogen-bond acceptors (Lipinski definition) is 4. The fraction of sp³-hybridized carbons (Fsp3) is 0.357. The standard InChI is InChI=1S/C14H18N4O2/c1-11(20-12-6-3-2-4-7-12)14(19)15-9-5-8-13-16-10-17-18-13/h2-4,6-7,10-11H,5,8-9H2,1H3,(H,15,19)(H,16,17,18). The molecule has 0 radical (unpaired) electrons. The number of aromatic amines is 1. The van der Waals surface area contributed by atoms with Gasteiger partial charge in [0.2, 0.25) is 0 Å². The molecule has 0 spiro atoms. The molecule has 0 saturated carbocycles. The van der Waals surface area contributed by atoms with E-state index in [-0.39, 0.29) is 5.91 Å². The number of amides is 1. The highest BCUT2D eigenvalue weighted by atomic mass is 16.5. The van der Waals surface area contributed by atoms with Crippen LogP contribution in [0.3, 0.4) is 0 Å². The summed E-state index contributed by atoms with van der Waals surface area (Å²) in [5.74, 6) is 1.40. The summed E-state index contributed by atoms with van der Waals surface area (Å²) in [6, 6.07) is 9.30. The van der Waals surface area contributed by atoms with E-state index in [1.165, 1.54) is 6.33 Å². The molecule has 2 N–H and O–H groups in total. The van der Waals surface area contributed by atoms with Crippen molar-refractivity contribution in [3.05, 3.63) is 42.5 Å². The molecule has 1 aromatic carbocycles. The van der Waals surface area contributed by atoms with Crippen molar-refractivity contribution in [2.45, 2.75) is 25.9 Å². The van der Waals surface area contributed by atoms with E-state index in [4.69, 9.17) is 4.74 Å². The van der Waals surface area contributed by atoms with Crippen molar-refractivity contribution in [1.29, 1.82) is 0 Å². The van der Waals surface area contributed by atoms with Crippen molar-refractivity contribution >= 4 is 5.91 Å². The molecule has 0 aliphatic carbocycles. The van der Waals surface area contributed by atoms with E-state index in [1.54, 1.807) is 6.92 Å². The summed E-state index contributed by atoms with van der Waals surface area (Å²) in [5.41, 5.74) is 0. The number of nitrogens with zero attached hydrogens (tertiary/aromatic N) is 2. The second kappa shape index (κ2) is 7.28. The van der Waals surface area contributed by atoms with Gasteiger partial charge in [0.05, 0.1) is 0 Å². The van der Waals surface area contributed by atoms with E-state index in [2.05, 4.69) is 20.5 Å². The lowest BCUT2D eigenvalue weighted by molar-refractivity contribution is -0.127. The molecule has 1 amide bonds. The summed E-state index contributed by atoms with van der Waals surface area (Å²) in [6.07, 6.45) is 2.53. The molecule has 0 fully saturated rings. The third-order valence-electron chi connectivity index (χ3n) is 2.78. The van der Waals surface area contributed by atoms with Crippen molar-refractivity contribution in [2.24, 2.45) is 0 Å². The molecule has 20 heavy (non-hydrogen) atoms. The van der Waals surface area contributed by atoms with E-state index in [1.807, 2.05) is 30.3 Å². The minimum atomic E-state index is -0.511. The maximum atomic E-state index is 11.8. The van der Waals surface area contributed by atoms with Gasteiger partial charge in [-0.25, -0.2) is 4.98 Å². The largest absolute Gasteiger partial charge is 0.481 e. The Balaban J connectivity index is 1.66. The van der Waals surface area contributed by atoms with E-state index >= 15 is 0 Å². The molecule has 2 aromatic rings. The smallest absolute Gasteiger partial charge is 0.260 e. The molecule has 0 aliphatic rings. The lowest BCUT2D eigenvalue weighted by Gasteiger charge is -2.14. The van der Waals surface area contributed by atoms with Crippen LogP contribution in [0, 0.1) is 0 Å². The van der Waals surface area contributed by atoms with Crippen LogP contribution in [0.25, 0.3) is 0 Å². The summed E-state index contributed by atoms with van der Waals surface area (Å²) in [6.45, 7) is 2.32. The third kappa shape index (κ3) is 4.38. The van der Waals surface area contributed by atoms with Gasteiger partial charge in [-0.3, -0.25) is 9.89 Å². The second-order valence-electron chi connectivity index (χ2n) is 4.40. The highest BCUT2D eigenvalue weighted by Crippen LogP contribution is 2.10. The maximum absolute atomic E-state index is 11.8. The first-order valence-electron chi connectivity index (χ1n) is 6.59. The topological polar surface area (TPSA) is 79.9 Å². The van der Waals surface area contributed by atoms with Gasteiger partial charge < -0.3 is 10.1 Å². The number of carbonyl (C=O) groups is 1. The number of benzene rings is 1. The number of nitrogens with one attached hydrogen (secondary N) is 2. The molecule has 1 heterocycles. The van der Waals surface area contributed by atoms with Crippen molar-refractivity contribution in [3.8, 4) is 5.75 Å². The Kier molecular flexibility index (Phi) is 5.11. The van der Waals surface area contributed by atoms with Crippen LogP contribution in [-0.4, -0.2) is 33.7 Å². The Bertz CT molecular complexity index is 513. The van der Waals surface area contributed by atoms with Crippen LogP contribution in [0.1, 0.15) is 19.2 Å². The van der Waals surface area contributed by atoms with Gasteiger partial charge in [0.15, 0.2) is 6.10 Å². The lowest BCUT2D eigenvalue weighted by atomic mass is 10.3. The van der Waals surface area contributed by atoms with Crippen molar-refractivity contribution < 1.29 is 9.53 Å². The molecule has 6 nitrogen and oxygen atoms in total. The number of rotatable bonds is 7. The number of aryl methyl sites for hydroxylation is 1. The number of para-hydroxylation sites is 1. The molecule has 1 unspecified atom stereocenters. The zero-order valence-corrected chi connectivity index (χ0v) is 11.4. The molecule has 0 bridgehead atoms. The molecule has 0 aliphatic heterocycles. The van der Waals surface area contributed by atoms with Crippen molar-refractivity contribution in [1.82, 2.24) is 20.5 Å². The van der Waals surface area contributed by atoms with E-state index < -0.39 is 6.10 Å². The molecule has 1 aromatic heterocycles. The molecular weight excluding hydrogens is 256 g/mol. The lowest BCUT2D eigenvalue weighted by Crippen LogP contribution is -2.36. The highest BCUT2D eigenvalue weighted by Gasteiger charge is 2.13. The quantitative estimate of drug-likeness (QED) is 0.746. The molecule has 2 rings (SSSR count). The van der Waals surface area contributed by atoms with Crippen LogP contribution in [0.5, 0.6) is 5.75 Å². The Hall–Kier alpha value is -2.37. The minimum absolute atomic E-state index is 0.119. The Morgan fingerprint density at radius 3 is 2.90 bits per heavy atom. The fourth-order valence-corrected chi connectivity index (χ4v) is 1.72. The summed E-state index contributed by atoms with van der Waals surface area (Å²) in [5, 5.41) is 9.39. The Labute approximate surface area is 117 Å². The van der Waals surface area contributed by atoms with Crippen LogP contribution >= 0.6 is 0 Å². The van der Waals surface area contributed by atoms with Gasteiger partial charge in [-0.2, -0.15) is 5.10 Å². The average molecular weight is 274 g/mol. The number of ether oxygens (including phenoxy) is 1. The summed E-state index contributed by atoms with van der Waals surface area (Å²) in [4.78, 5) is 15.9. The summed E-state index contributed by atoms with van der Waals surface area (Å²) in [7, 11) is 0. The first kappa shape index (κ1) is 14.0. The fourth-order valence-electron chi connectivity index (χ4n) is 1.72. The van der Waals surface area contributed by atoms with Gasteiger partial charge >= 0.3 is 0 Å². The van der Waals surface area contributed by atoms with Crippen molar-refractivity contribution in [3.63, 3.8) is 0 Å². The SMILES string of the molecule is CC(Oc1ccccc1)C(=O)NCCCc1ncn[nH]1. The maximum Gasteiger partial charge on any atom is 0.260 e. The molecule has 1 atom stereocenters. The van der Waals surface area contributed by atoms with Crippen LogP contribution in [0.4, 0.5) is 0 Å². The average Bonchev–Trinajstić information content (AvgIpc) is 2.97. The minimum Gasteiger partial charge on any atom is -0.481 e. The second-order valence-corrected chi connectivity index (χ2v) is 4.40. The summed E-state index contributed by atoms with van der Waals surface area (Å²) >= 11 is 0. The molecule has 106 valence electrons. The molecule has 6 heteroatoms. The van der Waals surface area contributed by atoms with Crippen molar-refractivity contribution in [2.75, 3.05) is 6.54 Å². The Morgan fingerprint density at radius 2 is 2.20 bits per heavy atom. The number of carbonyl (C=O) groups excluding carboxylic acids is 1. The molecule has 0 saturated heterocycles. The van der Waals surface area contributed by atoms with Gasteiger partial charge in [-0.1, -0.05) is 18.2 Å². The van der Waals surface area contributed by atoms with Crippen LogP contribution in [0.2, 0.25) is 0 Å². The number of hydrogen-bond donors (Lipinski definition) is 2. The normalized spacial score (nSPS) is 11.8. The van der Waals surface area contributed by atoms with Gasteiger partial charge in [0, 0.05) is 13.0 Å². The zero-order valence-electron chi connectivity index (χ0n) is 11.4. The monoisotopic (exact) mass is 274 g/mol. The molecular formula is C14H18N4O2. The van der Waals surface area contributed by atoms with E-state index in [0.29, 0.717) is 12.3 Å². The van der Waals surface area contributed by atoms with Crippen LogP contribution < -0.4 is 10.1 Å². The van der Waals surface area contributed by atoms with E-state index in [9.17, 15) is 4.79 Å². The predicted octanol–water partition coefficient (Wildman–Crippen LogP) is 1.32. The third-order valence-corrected chi connectivity index (χ3v) is 2.78.